The van der Waals surface area contributed by atoms with Crippen LogP contribution in [0.3, 0.4) is 0 Å². The van der Waals surface area contributed by atoms with Crippen LogP contribution in [0.4, 0.5) is 5.69 Å². The number of ether oxygens (including phenoxy) is 1. The van der Waals surface area contributed by atoms with E-state index in [-0.39, 0.29) is 17.0 Å². The molecule has 1 aromatic carbocycles. The molecule has 1 rings (SSSR count). The average Bonchev–Trinajstić information content (AvgIpc) is 2.35. The molecule has 0 aliphatic rings. The zero-order valence-corrected chi connectivity index (χ0v) is 13.2. The topological polar surface area (TPSA) is 133 Å². The monoisotopic (exact) mass is 359 g/mol. The SMILES string of the molecule is C=CC(=O)Oc1c(C)cc([As](=O)(O)O)c(O)c1NC(C)=O. The van der Waals surface area contributed by atoms with Crippen molar-refractivity contribution in [2.45, 2.75) is 13.8 Å². The third-order valence-corrected chi connectivity index (χ3v) is 4.43. The number of nitrogens with one attached hydrogen (secondary N) is 1. The van der Waals surface area contributed by atoms with Crippen molar-refractivity contribution in [3.8, 4) is 11.5 Å². The van der Waals surface area contributed by atoms with Gasteiger partial charge in [0.2, 0.25) is 0 Å². The van der Waals surface area contributed by atoms with Crippen LogP contribution in [0.2, 0.25) is 0 Å². The van der Waals surface area contributed by atoms with E-state index in [9.17, 15) is 26.6 Å². The fraction of sp³-hybridized carbons (Fsp3) is 0.167. The number of anilines is 1. The molecule has 0 spiro atoms. The molecule has 0 saturated heterocycles. The van der Waals surface area contributed by atoms with Crippen LogP contribution in [0, 0.1) is 6.92 Å². The van der Waals surface area contributed by atoms with Gasteiger partial charge in [-0.3, -0.25) is 0 Å². The van der Waals surface area contributed by atoms with Crippen molar-refractivity contribution >= 4 is 36.1 Å². The van der Waals surface area contributed by atoms with E-state index < -0.39 is 36.1 Å². The van der Waals surface area contributed by atoms with E-state index in [2.05, 4.69) is 11.9 Å². The zero-order valence-electron chi connectivity index (χ0n) is 11.3. The maximum absolute atomic E-state index is 11.4. The number of aromatic hydroxyl groups is 1. The van der Waals surface area contributed by atoms with Crippen molar-refractivity contribution in [2.24, 2.45) is 0 Å². The molecular weight excluding hydrogens is 345 g/mol. The van der Waals surface area contributed by atoms with Gasteiger partial charge in [-0.25, -0.2) is 0 Å². The second kappa shape index (κ2) is 6.17. The molecule has 0 aromatic heterocycles. The van der Waals surface area contributed by atoms with Gasteiger partial charge in [0.05, 0.1) is 0 Å². The third kappa shape index (κ3) is 3.98. The van der Waals surface area contributed by atoms with Gasteiger partial charge in [0.1, 0.15) is 0 Å². The first-order valence-corrected chi connectivity index (χ1v) is 9.00. The fourth-order valence-electron chi connectivity index (χ4n) is 1.56. The number of carbonyl (C=O) groups is 2. The Balaban J connectivity index is 3.60. The minimum absolute atomic E-state index is 0.159. The molecule has 21 heavy (non-hydrogen) atoms. The molecule has 0 heterocycles. The molecule has 0 bridgehead atoms. The number of esters is 1. The van der Waals surface area contributed by atoms with Crippen LogP contribution >= 0.6 is 0 Å². The summed E-state index contributed by atoms with van der Waals surface area (Å²) in [6, 6.07) is 1.01. The van der Waals surface area contributed by atoms with E-state index >= 15 is 0 Å². The number of benzene rings is 1. The summed E-state index contributed by atoms with van der Waals surface area (Å²) in [5, 5.41) is 12.1. The summed E-state index contributed by atoms with van der Waals surface area (Å²) in [6.07, 6.45) is 0.870. The Labute approximate surface area is 123 Å². The second-order valence-corrected chi connectivity index (χ2v) is 7.41. The number of aryl methyl sites for hydroxylation is 1. The van der Waals surface area contributed by atoms with E-state index in [1.165, 1.54) is 6.92 Å². The number of amides is 1. The van der Waals surface area contributed by atoms with Gasteiger partial charge in [-0.1, -0.05) is 0 Å². The quantitative estimate of drug-likeness (QED) is 0.184. The molecule has 9 heteroatoms. The Hall–Kier alpha value is -2.02. The van der Waals surface area contributed by atoms with Crippen molar-refractivity contribution in [3.63, 3.8) is 0 Å². The maximum atomic E-state index is 11.4. The van der Waals surface area contributed by atoms with Crippen LogP contribution in [0.5, 0.6) is 11.5 Å². The van der Waals surface area contributed by atoms with Crippen molar-refractivity contribution < 1.29 is 31.4 Å². The summed E-state index contributed by atoms with van der Waals surface area (Å²) >= 11 is -5.43. The van der Waals surface area contributed by atoms with Crippen LogP contribution < -0.4 is 14.4 Å². The molecule has 0 saturated carbocycles. The molecule has 1 aromatic rings. The van der Waals surface area contributed by atoms with Crippen LogP contribution in [-0.4, -0.2) is 39.3 Å². The summed E-state index contributed by atoms with van der Waals surface area (Å²) in [4.78, 5) is 22.5. The predicted octanol–water partition coefficient (Wildman–Crippen LogP) is -0.689. The van der Waals surface area contributed by atoms with Crippen LogP contribution in [0.1, 0.15) is 12.5 Å². The van der Waals surface area contributed by atoms with Crippen LogP contribution in [0.15, 0.2) is 18.7 Å². The second-order valence-electron chi connectivity index (χ2n) is 4.12. The number of carbonyl (C=O) groups excluding carboxylic acids is 2. The Morgan fingerprint density at radius 1 is 1.43 bits per heavy atom. The van der Waals surface area contributed by atoms with Crippen LogP contribution in [0.25, 0.3) is 0 Å². The number of phenols is 1. The van der Waals surface area contributed by atoms with Gasteiger partial charge >= 0.3 is 122 Å². The molecule has 0 atom stereocenters. The van der Waals surface area contributed by atoms with Gasteiger partial charge < -0.3 is 0 Å². The molecule has 0 fully saturated rings. The Bertz CT molecular complexity index is 662. The van der Waals surface area contributed by atoms with Gasteiger partial charge in [0.25, 0.3) is 0 Å². The first-order chi connectivity index (χ1) is 9.57. The summed E-state index contributed by atoms with van der Waals surface area (Å²) < 4.78 is 34.2. The number of rotatable bonds is 4. The summed E-state index contributed by atoms with van der Waals surface area (Å²) in [6.45, 7) is 5.75. The Morgan fingerprint density at radius 2 is 2.00 bits per heavy atom. The van der Waals surface area contributed by atoms with Gasteiger partial charge in [-0.15, -0.1) is 0 Å². The van der Waals surface area contributed by atoms with Crippen molar-refractivity contribution in [2.75, 3.05) is 5.32 Å². The number of hydrogen-bond acceptors (Lipinski definition) is 5. The van der Waals surface area contributed by atoms with Crippen LogP contribution in [-0.2, 0) is 13.3 Å². The van der Waals surface area contributed by atoms with E-state index in [0.717, 1.165) is 19.1 Å². The molecular formula is C12H14AsNO7. The van der Waals surface area contributed by atoms with Gasteiger partial charge in [0, 0.05) is 0 Å². The molecule has 0 unspecified atom stereocenters. The Kier molecular flexibility index (Phi) is 5.01. The standard InChI is InChI=1S/C12H14AsNO7/c1-4-9(16)21-12-6(2)5-8(13(18,19)20)11(17)10(12)14-7(3)15/h4-5,17H,1H2,2-3H3,(H,14,15)(H2,18,19,20). The predicted molar refractivity (Wildman–Crippen MR) is 73.5 cm³/mol. The Morgan fingerprint density at radius 3 is 2.43 bits per heavy atom. The summed E-state index contributed by atoms with van der Waals surface area (Å²) in [5.41, 5.74) is -0.219. The fourth-order valence-corrected chi connectivity index (χ4v) is 3.13. The molecule has 114 valence electrons. The van der Waals surface area contributed by atoms with Crippen molar-refractivity contribution in [1.29, 1.82) is 0 Å². The van der Waals surface area contributed by atoms with Gasteiger partial charge in [-0.2, -0.15) is 0 Å². The molecule has 0 radical (unpaired) electrons. The van der Waals surface area contributed by atoms with E-state index in [1.807, 2.05) is 0 Å². The molecule has 4 N–H and O–H groups in total. The molecule has 1 amide bonds. The minimum atomic E-state index is -5.43. The first-order valence-electron chi connectivity index (χ1n) is 5.62. The number of phenolic OH excluding ortho intramolecular Hbond substituents is 1. The van der Waals surface area contributed by atoms with E-state index in [1.54, 1.807) is 0 Å². The average molecular weight is 359 g/mol. The zero-order chi connectivity index (χ0) is 16.4. The van der Waals surface area contributed by atoms with Crippen molar-refractivity contribution in [1.82, 2.24) is 0 Å². The van der Waals surface area contributed by atoms with E-state index in [0.29, 0.717) is 0 Å². The van der Waals surface area contributed by atoms with Gasteiger partial charge in [0.15, 0.2) is 0 Å². The molecule has 0 aliphatic heterocycles. The number of hydrogen-bond donors (Lipinski definition) is 4. The molecule has 8 nitrogen and oxygen atoms in total. The van der Waals surface area contributed by atoms with E-state index in [4.69, 9.17) is 4.74 Å². The summed E-state index contributed by atoms with van der Waals surface area (Å²) in [7, 11) is 0. The van der Waals surface area contributed by atoms with Crippen molar-refractivity contribution in [3.05, 3.63) is 24.3 Å². The third-order valence-electron chi connectivity index (χ3n) is 2.40. The first kappa shape index (κ1) is 17.0. The summed E-state index contributed by atoms with van der Waals surface area (Å²) in [5.74, 6) is -2.51. The molecule has 0 aliphatic carbocycles. The van der Waals surface area contributed by atoms with Gasteiger partial charge in [-0.05, 0) is 0 Å². The normalized spacial score (nSPS) is 10.9.